The van der Waals surface area contributed by atoms with Gasteiger partial charge in [0.1, 0.15) is 0 Å². The number of unbranched alkanes of at least 4 members (excludes halogenated alkanes) is 3. The van der Waals surface area contributed by atoms with Gasteiger partial charge in [-0.15, -0.1) is 0 Å². The number of benzene rings is 4. The van der Waals surface area contributed by atoms with Crippen molar-refractivity contribution in [2.45, 2.75) is 77.6 Å². The number of hydrogen-bond donors (Lipinski definition) is 2. The van der Waals surface area contributed by atoms with E-state index < -0.39 is 0 Å². The molecule has 0 heterocycles. The molecular weight excluding hydrogens is 472 g/mol. The molecule has 0 aliphatic rings. The number of rotatable bonds is 13. The molecule has 2 heteroatoms. The predicted molar refractivity (Wildman–Crippen MR) is 169 cm³/mol. The Balaban J connectivity index is 1.42. The van der Waals surface area contributed by atoms with Gasteiger partial charge >= 0.3 is 0 Å². The minimum Gasteiger partial charge on any atom is -0.399 e. The monoisotopic (exact) mass is 518 g/mol. The smallest absolute Gasteiger partial charge is 0.0314 e. The molecule has 204 valence electrons. The summed E-state index contributed by atoms with van der Waals surface area (Å²) < 4.78 is 0. The molecule has 4 aromatic carbocycles. The Morgan fingerprint density at radius 1 is 0.487 bits per heavy atom. The van der Waals surface area contributed by atoms with Crippen LogP contribution in [-0.2, 0) is 12.8 Å². The first kappa shape index (κ1) is 28.5. The quantitative estimate of drug-likeness (QED) is 0.137. The first-order chi connectivity index (χ1) is 18.9. The Hall–Kier alpha value is -3.52. The third-order valence-electron chi connectivity index (χ3n) is 8.35. The zero-order valence-electron chi connectivity index (χ0n) is 24.1. The van der Waals surface area contributed by atoms with Gasteiger partial charge in [0.05, 0.1) is 0 Å². The zero-order valence-corrected chi connectivity index (χ0v) is 24.1. The highest BCUT2D eigenvalue weighted by Gasteiger charge is 2.14. The number of nitrogen functional groups attached to an aromatic ring is 2. The topological polar surface area (TPSA) is 52.0 Å². The molecule has 0 spiro atoms. The third-order valence-corrected chi connectivity index (χ3v) is 8.35. The van der Waals surface area contributed by atoms with Gasteiger partial charge in [0, 0.05) is 23.2 Å². The molecule has 0 fully saturated rings. The van der Waals surface area contributed by atoms with Crippen LogP contribution in [0.25, 0.3) is 0 Å². The summed E-state index contributed by atoms with van der Waals surface area (Å²) in [5, 5.41) is 0. The largest absolute Gasteiger partial charge is 0.399 e. The van der Waals surface area contributed by atoms with Crippen LogP contribution in [0.5, 0.6) is 0 Å². The Morgan fingerprint density at radius 2 is 0.846 bits per heavy atom. The van der Waals surface area contributed by atoms with Crippen molar-refractivity contribution in [3.8, 4) is 0 Å². The van der Waals surface area contributed by atoms with Crippen LogP contribution < -0.4 is 11.5 Å². The first-order valence-electron chi connectivity index (χ1n) is 14.8. The summed E-state index contributed by atoms with van der Waals surface area (Å²) in [6.45, 7) is 6.83. The fourth-order valence-electron chi connectivity index (χ4n) is 5.64. The van der Waals surface area contributed by atoms with Gasteiger partial charge in [-0.25, -0.2) is 0 Å². The van der Waals surface area contributed by atoms with E-state index in [0.29, 0.717) is 17.8 Å². The lowest BCUT2D eigenvalue weighted by Gasteiger charge is -2.19. The van der Waals surface area contributed by atoms with Crippen LogP contribution >= 0.6 is 0 Å². The van der Waals surface area contributed by atoms with Gasteiger partial charge in [-0.05, 0) is 82.8 Å². The lowest BCUT2D eigenvalue weighted by Crippen LogP contribution is -2.09. The average molecular weight is 519 g/mol. The summed E-state index contributed by atoms with van der Waals surface area (Å²) in [6, 6.07) is 35.2. The number of anilines is 2. The molecule has 0 radical (unpaired) electrons. The van der Waals surface area contributed by atoms with E-state index in [0.717, 1.165) is 24.2 Å². The Labute approximate surface area is 236 Å². The van der Waals surface area contributed by atoms with E-state index in [-0.39, 0.29) is 0 Å². The fraction of sp³-hybridized carbons (Fsp3) is 0.351. The van der Waals surface area contributed by atoms with Crippen LogP contribution in [-0.4, -0.2) is 0 Å². The predicted octanol–water partition coefficient (Wildman–Crippen LogP) is 9.53. The summed E-state index contributed by atoms with van der Waals surface area (Å²) >= 11 is 0. The van der Waals surface area contributed by atoms with E-state index in [4.69, 9.17) is 11.5 Å². The Morgan fingerprint density at radius 3 is 1.21 bits per heavy atom. The number of hydrogen-bond acceptors (Lipinski definition) is 2. The highest BCUT2D eigenvalue weighted by molar-refractivity contribution is 5.44. The average Bonchev–Trinajstić information content (AvgIpc) is 2.96. The highest BCUT2D eigenvalue weighted by atomic mass is 14.5. The van der Waals surface area contributed by atoms with Gasteiger partial charge < -0.3 is 11.5 Å². The van der Waals surface area contributed by atoms with Crippen molar-refractivity contribution >= 4 is 11.4 Å². The SMILES string of the molecule is CCCCCCC(Cc1ccc(C(C)c2ccc(N)cc2)cc1)Cc1ccc(C(C)c2ccc(N)cc2)cc1. The maximum Gasteiger partial charge on any atom is 0.0314 e. The lowest BCUT2D eigenvalue weighted by atomic mass is 9.86. The van der Waals surface area contributed by atoms with E-state index >= 15 is 0 Å². The van der Waals surface area contributed by atoms with E-state index in [1.54, 1.807) is 0 Å². The Kier molecular flexibility index (Phi) is 10.3. The maximum absolute atomic E-state index is 5.88. The van der Waals surface area contributed by atoms with Crippen molar-refractivity contribution in [1.82, 2.24) is 0 Å². The molecular formula is C37H46N2. The van der Waals surface area contributed by atoms with Gasteiger partial charge in [-0.3, -0.25) is 0 Å². The molecule has 4 aromatic rings. The molecule has 39 heavy (non-hydrogen) atoms. The van der Waals surface area contributed by atoms with Crippen molar-refractivity contribution in [3.05, 3.63) is 130 Å². The van der Waals surface area contributed by atoms with Crippen molar-refractivity contribution in [1.29, 1.82) is 0 Å². The Bertz CT molecular complexity index is 1160. The summed E-state index contributed by atoms with van der Waals surface area (Å²) in [5.41, 5.74) is 21.6. The van der Waals surface area contributed by atoms with E-state index in [9.17, 15) is 0 Å². The van der Waals surface area contributed by atoms with Crippen molar-refractivity contribution in [2.24, 2.45) is 5.92 Å². The normalized spacial score (nSPS) is 13.6. The molecule has 0 aliphatic heterocycles. The summed E-state index contributed by atoms with van der Waals surface area (Å²) in [7, 11) is 0. The zero-order chi connectivity index (χ0) is 27.6. The molecule has 2 unspecified atom stereocenters. The molecule has 0 amide bonds. The lowest BCUT2D eigenvalue weighted by molar-refractivity contribution is 0.449. The number of nitrogens with two attached hydrogens (primary N) is 2. The van der Waals surface area contributed by atoms with E-state index in [2.05, 4.69) is 93.6 Å². The van der Waals surface area contributed by atoms with Gasteiger partial charge in [-0.2, -0.15) is 0 Å². The molecule has 4 rings (SSSR count). The van der Waals surface area contributed by atoms with Crippen molar-refractivity contribution in [2.75, 3.05) is 11.5 Å². The summed E-state index contributed by atoms with van der Waals surface area (Å²) in [4.78, 5) is 0. The van der Waals surface area contributed by atoms with Crippen LogP contribution in [0.1, 0.15) is 98.1 Å². The van der Waals surface area contributed by atoms with Crippen LogP contribution in [0.15, 0.2) is 97.1 Å². The van der Waals surface area contributed by atoms with Crippen LogP contribution in [0, 0.1) is 5.92 Å². The van der Waals surface area contributed by atoms with Gasteiger partial charge in [0.15, 0.2) is 0 Å². The van der Waals surface area contributed by atoms with Crippen molar-refractivity contribution < 1.29 is 0 Å². The molecule has 2 atom stereocenters. The molecule has 4 N–H and O–H groups in total. The second-order valence-electron chi connectivity index (χ2n) is 11.4. The van der Waals surface area contributed by atoms with Gasteiger partial charge in [0.2, 0.25) is 0 Å². The van der Waals surface area contributed by atoms with E-state index in [1.165, 1.54) is 65.5 Å². The van der Waals surface area contributed by atoms with E-state index in [1.807, 2.05) is 24.3 Å². The van der Waals surface area contributed by atoms with Crippen molar-refractivity contribution in [3.63, 3.8) is 0 Å². The standard InChI is InChI=1S/C37H46N2/c1-4-5-6-7-8-31(25-29-9-13-32(14-10-29)27(2)34-17-21-36(38)22-18-34)26-30-11-15-33(16-12-30)28(3)35-19-23-37(39)24-20-35/h9-24,27-28,31H,4-8,25-26,38-39H2,1-3H3. The summed E-state index contributed by atoms with van der Waals surface area (Å²) in [6.07, 6.45) is 8.82. The molecule has 0 bridgehead atoms. The highest BCUT2D eigenvalue weighted by Crippen LogP contribution is 2.28. The van der Waals surface area contributed by atoms with Crippen LogP contribution in [0.2, 0.25) is 0 Å². The van der Waals surface area contributed by atoms with Crippen LogP contribution in [0.4, 0.5) is 11.4 Å². The van der Waals surface area contributed by atoms with Crippen LogP contribution in [0.3, 0.4) is 0 Å². The molecule has 0 saturated heterocycles. The van der Waals surface area contributed by atoms with Gasteiger partial charge in [0.25, 0.3) is 0 Å². The molecule has 0 saturated carbocycles. The second kappa shape index (κ2) is 14.0. The first-order valence-corrected chi connectivity index (χ1v) is 14.8. The van der Waals surface area contributed by atoms with Gasteiger partial charge in [-0.1, -0.05) is 119 Å². The fourth-order valence-corrected chi connectivity index (χ4v) is 5.64. The molecule has 0 aliphatic carbocycles. The second-order valence-corrected chi connectivity index (χ2v) is 11.4. The minimum atomic E-state index is 0.360. The molecule has 0 aromatic heterocycles. The maximum atomic E-state index is 5.88. The molecule has 2 nitrogen and oxygen atoms in total. The summed E-state index contributed by atoms with van der Waals surface area (Å²) in [5.74, 6) is 1.37. The third kappa shape index (κ3) is 8.23. The minimum absolute atomic E-state index is 0.360.